The van der Waals surface area contributed by atoms with Gasteiger partial charge in [0.1, 0.15) is 11.2 Å². The molecule has 2 amide bonds. The minimum absolute atomic E-state index is 0.0787. The number of likely N-dealkylation sites (tertiary alicyclic amines) is 2. The zero-order valence-electron chi connectivity index (χ0n) is 28.6. The normalized spacial score (nSPS) is 29.2. The Balaban J connectivity index is 0.000000254. The van der Waals surface area contributed by atoms with E-state index in [9.17, 15) is 23.1 Å². The first-order valence-corrected chi connectivity index (χ1v) is 18.2. The van der Waals surface area contributed by atoms with Gasteiger partial charge in [-0.1, -0.05) is 0 Å². The first-order chi connectivity index (χ1) is 21.4. The highest BCUT2D eigenvalue weighted by molar-refractivity contribution is 7.85. The quantitative estimate of drug-likeness (QED) is 0.370. The van der Waals surface area contributed by atoms with E-state index in [2.05, 4.69) is 0 Å². The van der Waals surface area contributed by atoms with Gasteiger partial charge in [-0.05, 0) is 92.9 Å². The molecule has 4 fully saturated rings. The lowest BCUT2D eigenvalue weighted by atomic mass is 10.2. The van der Waals surface area contributed by atoms with Gasteiger partial charge in [0.2, 0.25) is 0 Å². The lowest BCUT2D eigenvalue weighted by Gasteiger charge is -2.28. The number of rotatable bonds is 8. The number of hydrogen-bond acceptors (Lipinski definition) is 12. The van der Waals surface area contributed by atoms with E-state index in [0.717, 1.165) is 51.4 Å². The summed E-state index contributed by atoms with van der Waals surface area (Å²) < 4.78 is 61.3. The predicted octanol–water partition coefficient (Wildman–Crippen LogP) is 3.78. The maximum absolute atomic E-state index is 12.4. The van der Waals surface area contributed by atoms with Gasteiger partial charge < -0.3 is 43.3 Å². The summed E-state index contributed by atoms with van der Waals surface area (Å²) in [5.41, 5.74) is -1.17. The number of aliphatic hydroxyl groups is 1. The van der Waals surface area contributed by atoms with Gasteiger partial charge in [0.15, 0.2) is 12.6 Å². The molecule has 4 aliphatic rings. The maximum atomic E-state index is 12.4. The van der Waals surface area contributed by atoms with E-state index in [0.29, 0.717) is 32.5 Å². The van der Waals surface area contributed by atoms with Crippen molar-refractivity contribution in [3.63, 3.8) is 0 Å². The fraction of sp³-hybridized carbons (Fsp3) is 0.935. The van der Waals surface area contributed by atoms with Crippen molar-refractivity contribution < 1.29 is 55.7 Å². The number of carbonyl (C=O) groups is 2. The number of carbonyl (C=O) groups excluding carboxylic acids is 2. The minimum atomic E-state index is -3.58. The van der Waals surface area contributed by atoms with Gasteiger partial charge in [-0.25, -0.2) is 9.59 Å². The molecule has 4 aliphatic heterocycles. The van der Waals surface area contributed by atoms with Crippen LogP contribution in [-0.4, -0.2) is 129 Å². The number of aliphatic hydroxyl groups excluding tert-OH is 1. The molecule has 6 atom stereocenters. The van der Waals surface area contributed by atoms with Crippen LogP contribution in [0.15, 0.2) is 0 Å². The lowest BCUT2D eigenvalue weighted by Crippen LogP contribution is -2.42. The Morgan fingerprint density at radius 1 is 0.761 bits per heavy atom. The third kappa shape index (κ3) is 13.8. The predicted molar refractivity (Wildman–Crippen MR) is 167 cm³/mol. The lowest BCUT2D eigenvalue weighted by molar-refractivity contribution is -0.185. The molecule has 0 saturated carbocycles. The second-order valence-electron chi connectivity index (χ2n) is 14.3. The summed E-state index contributed by atoms with van der Waals surface area (Å²) in [7, 11) is -3.58. The number of ether oxygens (including phenoxy) is 6. The van der Waals surface area contributed by atoms with E-state index < -0.39 is 39.5 Å². The van der Waals surface area contributed by atoms with E-state index in [1.165, 1.54) is 4.90 Å². The van der Waals surface area contributed by atoms with Crippen molar-refractivity contribution >= 4 is 22.3 Å². The molecule has 4 rings (SSSR count). The van der Waals surface area contributed by atoms with Gasteiger partial charge >= 0.3 is 12.2 Å². The second-order valence-corrected chi connectivity index (χ2v) is 16.0. The summed E-state index contributed by atoms with van der Waals surface area (Å²) in [6, 6.07) is -0.661. The third-order valence-corrected chi connectivity index (χ3v) is 8.22. The standard InChI is InChI=1S/C16H29NO7S.C15H27NO5/c1-16(2,3)24-15(18)17-10-13(23-14-7-5-6-8-21-14)9-12(17)11-22-25(4,19)20;1-15(2,3)21-14(18)16-9-12(8-11(16)10-17)20-13-6-4-5-7-19-13/h12-14H,5-11H2,1-4H3;11-13,17H,4-10H2,1-3H3/t12-,13+,14?;11-,12+,13?/m00/s1. The molecule has 0 aromatic carbocycles. The zero-order valence-corrected chi connectivity index (χ0v) is 29.4. The summed E-state index contributed by atoms with van der Waals surface area (Å²) in [4.78, 5) is 27.7. The van der Waals surface area contributed by atoms with Crippen molar-refractivity contribution in [3.05, 3.63) is 0 Å². The van der Waals surface area contributed by atoms with E-state index in [4.69, 9.17) is 32.6 Å². The van der Waals surface area contributed by atoms with Gasteiger partial charge in [0.25, 0.3) is 10.1 Å². The van der Waals surface area contributed by atoms with Gasteiger partial charge in [-0.15, -0.1) is 0 Å². The van der Waals surface area contributed by atoms with Crippen molar-refractivity contribution in [3.8, 4) is 0 Å². The van der Waals surface area contributed by atoms with Gasteiger partial charge in [-0.2, -0.15) is 8.42 Å². The van der Waals surface area contributed by atoms with Crippen LogP contribution < -0.4 is 0 Å². The fourth-order valence-electron chi connectivity index (χ4n) is 5.63. The molecule has 1 N–H and O–H groups in total. The fourth-order valence-corrected chi connectivity index (χ4v) is 6.04. The molecular formula is C31H56N2O12S. The van der Waals surface area contributed by atoms with Crippen molar-refractivity contribution in [2.75, 3.05) is 45.8 Å². The van der Waals surface area contributed by atoms with Crippen molar-refractivity contribution in [1.82, 2.24) is 9.80 Å². The van der Waals surface area contributed by atoms with Crippen LogP contribution in [0.2, 0.25) is 0 Å². The second kappa shape index (κ2) is 17.1. The Bertz CT molecular complexity index is 1060. The zero-order chi connectivity index (χ0) is 34.1. The van der Waals surface area contributed by atoms with Crippen LogP contribution in [0.5, 0.6) is 0 Å². The third-order valence-electron chi connectivity index (χ3n) is 7.66. The van der Waals surface area contributed by atoms with E-state index in [-0.39, 0.29) is 44.0 Å². The topological polar surface area (TPSA) is 160 Å². The first-order valence-electron chi connectivity index (χ1n) is 16.4. The van der Waals surface area contributed by atoms with Crippen LogP contribution in [0, 0.1) is 0 Å². The first kappa shape index (κ1) is 38.7. The summed E-state index contributed by atoms with van der Waals surface area (Å²) in [6.45, 7) is 12.8. The Hall–Kier alpha value is -1.75. The van der Waals surface area contributed by atoms with Crippen LogP contribution in [0.25, 0.3) is 0 Å². The van der Waals surface area contributed by atoms with Gasteiger partial charge in [0, 0.05) is 13.2 Å². The summed E-state index contributed by atoms with van der Waals surface area (Å²) in [6.07, 6.45) is 6.41. The molecule has 46 heavy (non-hydrogen) atoms. The summed E-state index contributed by atoms with van der Waals surface area (Å²) in [5, 5.41) is 9.47. The molecule has 268 valence electrons. The van der Waals surface area contributed by atoms with Crippen LogP contribution in [0.4, 0.5) is 9.59 Å². The van der Waals surface area contributed by atoms with Gasteiger partial charge in [0.05, 0.1) is 56.9 Å². The van der Waals surface area contributed by atoms with Crippen molar-refractivity contribution in [2.45, 2.75) is 141 Å². The van der Waals surface area contributed by atoms with E-state index in [1.54, 1.807) is 25.7 Å². The molecule has 4 heterocycles. The Morgan fingerprint density at radius 3 is 1.57 bits per heavy atom. The molecule has 0 aromatic heterocycles. The molecular weight excluding hydrogens is 624 g/mol. The van der Waals surface area contributed by atoms with Crippen LogP contribution in [0.1, 0.15) is 92.9 Å². The minimum Gasteiger partial charge on any atom is -0.444 e. The van der Waals surface area contributed by atoms with Crippen LogP contribution >= 0.6 is 0 Å². The summed E-state index contributed by atoms with van der Waals surface area (Å²) >= 11 is 0. The van der Waals surface area contributed by atoms with Crippen LogP contribution in [-0.2, 0) is 42.7 Å². The van der Waals surface area contributed by atoms with Crippen molar-refractivity contribution in [1.29, 1.82) is 0 Å². The Kier molecular flexibility index (Phi) is 14.4. The Morgan fingerprint density at radius 2 is 1.20 bits per heavy atom. The number of amides is 2. The molecule has 14 nitrogen and oxygen atoms in total. The highest BCUT2D eigenvalue weighted by Gasteiger charge is 2.41. The monoisotopic (exact) mass is 680 g/mol. The highest BCUT2D eigenvalue weighted by atomic mass is 32.2. The average molecular weight is 681 g/mol. The molecule has 0 spiro atoms. The highest BCUT2D eigenvalue weighted by Crippen LogP contribution is 2.28. The average Bonchev–Trinajstić information content (AvgIpc) is 3.55. The smallest absolute Gasteiger partial charge is 0.410 e. The largest absolute Gasteiger partial charge is 0.444 e. The van der Waals surface area contributed by atoms with E-state index in [1.807, 2.05) is 20.8 Å². The molecule has 0 radical (unpaired) electrons. The molecule has 2 unspecified atom stereocenters. The van der Waals surface area contributed by atoms with E-state index >= 15 is 0 Å². The Labute approximate surface area is 274 Å². The number of hydrogen-bond donors (Lipinski definition) is 1. The molecule has 4 saturated heterocycles. The maximum Gasteiger partial charge on any atom is 0.410 e. The number of nitrogens with zero attached hydrogens (tertiary/aromatic N) is 2. The molecule has 0 aromatic rings. The molecule has 0 bridgehead atoms. The summed E-state index contributed by atoms with van der Waals surface area (Å²) in [5.74, 6) is 0. The van der Waals surface area contributed by atoms with Crippen LogP contribution in [0.3, 0.4) is 0 Å². The SMILES string of the molecule is CC(C)(C)OC(=O)N1C[C@H](OC2CCCCO2)C[C@H]1CO.CC(C)(C)OC(=O)N1C[C@H](OC2CCCCO2)C[C@H]1COS(C)(=O)=O. The van der Waals surface area contributed by atoms with Gasteiger partial charge in [-0.3, -0.25) is 4.18 Å². The molecule has 0 aliphatic carbocycles. The van der Waals surface area contributed by atoms with Crippen molar-refractivity contribution in [2.24, 2.45) is 0 Å². The molecule has 15 heteroatoms.